The van der Waals surface area contributed by atoms with Gasteiger partial charge in [0.2, 0.25) is 0 Å². The summed E-state index contributed by atoms with van der Waals surface area (Å²) in [4.78, 5) is 31.1. The molecule has 2 aliphatic rings. The Bertz CT molecular complexity index is 834. The minimum absolute atomic E-state index is 0.0446. The number of fused-ring (bicyclic) bond motifs is 3. The number of pyridine rings is 1. The van der Waals surface area contributed by atoms with Gasteiger partial charge in [-0.3, -0.25) is 14.6 Å². The lowest BCUT2D eigenvalue weighted by atomic mass is 9.72. The van der Waals surface area contributed by atoms with Crippen molar-refractivity contribution in [3.8, 4) is 0 Å². The summed E-state index contributed by atoms with van der Waals surface area (Å²) in [5, 5.41) is 10.7. The molecule has 3 atom stereocenters. The summed E-state index contributed by atoms with van der Waals surface area (Å²) < 4.78 is 0. The number of carbonyl (C=O) groups is 2. The van der Waals surface area contributed by atoms with E-state index in [1.807, 2.05) is 36.1 Å². The van der Waals surface area contributed by atoms with Crippen molar-refractivity contribution in [3.63, 3.8) is 0 Å². The molecule has 2 aromatic rings. The molecule has 1 aromatic heterocycles. The quantitative estimate of drug-likeness (QED) is 0.942. The Morgan fingerprint density at radius 3 is 2.88 bits per heavy atom. The van der Waals surface area contributed by atoms with Gasteiger partial charge in [0.05, 0.1) is 10.9 Å². The van der Waals surface area contributed by atoms with Crippen LogP contribution in [0.5, 0.6) is 0 Å². The summed E-state index contributed by atoms with van der Waals surface area (Å²) >= 11 is 0. The Morgan fingerprint density at radius 2 is 2.17 bits per heavy atom. The third-order valence-electron chi connectivity index (χ3n) is 5.88. The van der Waals surface area contributed by atoms with Crippen molar-refractivity contribution in [2.24, 2.45) is 5.41 Å². The number of hydrogen-bond donors (Lipinski definition) is 1. The van der Waals surface area contributed by atoms with Crippen LogP contribution in [0.3, 0.4) is 0 Å². The number of hydrogen-bond acceptors (Lipinski definition) is 3. The molecule has 1 aromatic carbocycles. The van der Waals surface area contributed by atoms with Crippen molar-refractivity contribution >= 4 is 22.8 Å². The lowest BCUT2D eigenvalue weighted by Gasteiger charge is -2.32. The predicted octanol–water partition coefficient (Wildman–Crippen LogP) is 3.09. The zero-order valence-electron chi connectivity index (χ0n) is 13.6. The van der Waals surface area contributed by atoms with Crippen LogP contribution < -0.4 is 0 Å². The van der Waals surface area contributed by atoms with Crippen molar-refractivity contribution in [2.75, 3.05) is 0 Å². The van der Waals surface area contributed by atoms with E-state index in [0.717, 1.165) is 23.7 Å². The number of aliphatic carboxylic acids is 1. The molecule has 0 unspecified atom stereocenters. The van der Waals surface area contributed by atoms with Crippen molar-refractivity contribution in [1.29, 1.82) is 0 Å². The molecule has 2 aliphatic heterocycles. The average Bonchev–Trinajstić information content (AvgIpc) is 3.16. The van der Waals surface area contributed by atoms with Crippen LogP contribution in [0.15, 0.2) is 36.5 Å². The summed E-state index contributed by atoms with van der Waals surface area (Å²) in [5.74, 6) is -0.817. The number of aromatic nitrogens is 1. The monoisotopic (exact) mass is 324 g/mol. The summed E-state index contributed by atoms with van der Waals surface area (Å²) in [5.41, 5.74) is 0.688. The van der Waals surface area contributed by atoms with Gasteiger partial charge in [0.1, 0.15) is 0 Å². The Labute approximate surface area is 140 Å². The number of nitrogens with zero attached hydrogens (tertiary/aromatic N) is 2. The van der Waals surface area contributed by atoms with Gasteiger partial charge in [-0.1, -0.05) is 13.0 Å². The Morgan fingerprint density at radius 1 is 1.33 bits per heavy atom. The van der Waals surface area contributed by atoms with E-state index < -0.39 is 11.4 Å². The Balaban J connectivity index is 1.70. The largest absolute Gasteiger partial charge is 0.481 e. The fraction of sp³-hybridized carbons (Fsp3) is 0.421. The van der Waals surface area contributed by atoms with Gasteiger partial charge in [-0.2, -0.15) is 0 Å². The van der Waals surface area contributed by atoms with Crippen LogP contribution in [0.25, 0.3) is 10.9 Å². The van der Waals surface area contributed by atoms with E-state index in [1.165, 1.54) is 0 Å². The molecule has 0 saturated carbocycles. The van der Waals surface area contributed by atoms with Crippen LogP contribution in [0.2, 0.25) is 0 Å². The van der Waals surface area contributed by atoms with E-state index in [0.29, 0.717) is 18.4 Å². The fourth-order valence-electron chi connectivity index (χ4n) is 4.61. The molecule has 0 spiro atoms. The minimum atomic E-state index is -0.781. The normalized spacial score (nSPS) is 28.5. The second-order valence-electron chi connectivity index (χ2n) is 6.89. The zero-order valence-corrected chi connectivity index (χ0v) is 13.6. The molecule has 124 valence electrons. The lowest BCUT2D eigenvalue weighted by molar-refractivity contribution is -0.151. The first kappa shape index (κ1) is 15.1. The third-order valence-corrected chi connectivity index (χ3v) is 5.88. The van der Waals surface area contributed by atoms with E-state index >= 15 is 0 Å². The first-order chi connectivity index (χ1) is 11.6. The highest BCUT2D eigenvalue weighted by atomic mass is 16.4. The maximum absolute atomic E-state index is 13.1. The van der Waals surface area contributed by atoms with Crippen molar-refractivity contribution in [1.82, 2.24) is 9.88 Å². The molecule has 2 fully saturated rings. The predicted molar refractivity (Wildman–Crippen MR) is 89.7 cm³/mol. The van der Waals surface area contributed by atoms with Crippen molar-refractivity contribution in [2.45, 2.75) is 44.7 Å². The van der Waals surface area contributed by atoms with Gasteiger partial charge in [-0.05, 0) is 49.9 Å². The first-order valence-electron chi connectivity index (χ1n) is 8.47. The van der Waals surface area contributed by atoms with Gasteiger partial charge in [-0.25, -0.2) is 0 Å². The van der Waals surface area contributed by atoms with Gasteiger partial charge in [0, 0.05) is 29.2 Å². The van der Waals surface area contributed by atoms with Gasteiger partial charge in [-0.15, -0.1) is 0 Å². The molecule has 1 amide bonds. The highest BCUT2D eigenvalue weighted by Gasteiger charge is 2.60. The molecular formula is C19H20N2O3. The van der Waals surface area contributed by atoms with Gasteiger partial charge >= 0.3 is 5.97 Å². The SMILES string of the molecule is CC[C@@]1(C(=O)O)C[C@@H]2CC[C@H]1N2C(=O)c1ccc2ncccc2c1. The molecule has 2 saturated heterocycles. The number of benzene rings is 1. The van der Waals surface area contributed by atoms with Gasteiger partial charge < -0.3 is 10.0 Å². The number of rotatable bonds is 3. The van der Waals surface area contributed by atoms with E-state index in [1.54, 1.807) is 12.3 Å². The molecular weight excluding hydrogens is 304 g/mol. The molecule has 5 heteroatoms. The second-order valence-corrected chi connectivity index (χ2v) is 6.89. The highest BCUT2D eigenvalue weighted by molar-refractivity contribution is 5.99. The smallest absolute Gasteiger partial charge is 0.311 e. The molecule has 0 radical (unpaired) electrons. The second kappa shape index (κ2) is 5.30. The van der Waals surface area contributed by atoms with Crippen molar-refractivity contribution < 1.29 is 14.7 Å². The summed E-state index contributed by atoms with van der Waals surface area (Å²) in [6.45, 7) is 1.92. The molecule has 1 N–H and O–H groups in total. The fourth-order valence-corrected chi connectivity index (χ4v) is 4.61. The van der Waals surface area contributed by atoms with E-state index in [9.17, 15) is 14.7 Å². The number of carboxylic acid groups (broad SMARTS) is 1. The lowest BCUT2D eigenvalue weighted by Crippen LogP contribution is -2.44. The average molecular weight is 324 g/mol. The first-order valence-corrected chi connectivity index (χ1v) is 8.47. The van der Waals surface area contributed by atoms with Crippen LogP contribution >= 0.6 is 0 Å². The van der Waals surface area contributed by atoms with Crippen LogP contribution in [-0.2, 0) is 4.79 Å². The van der Waals surface area contributed by atoms with Crippen molar-refractivity contribution in [3.05, 3.63) is 42.1 Å². The van der Waals surface area contributed by atoms with Crippen LogP contribution in [0.1, 0.15) is 43.0 Å². The van der Waals surface area contributed by atoms with Gasteiger partial charge in [0.25, 0.3) is 5.91 Å². The maximum atomic E-state index is 13.1. The van der Waals surface area contributed by atoms with E-state index in [-0.39, 0.29) is 18.0 Å². The van der Waals surface area contributed by atoms with E-state index in [2.05, 4.69) is 4.98 Å². The summed E-state index contributed by atoms with van der Waals surface area (Å²) in [6.07, 6.45) is 4.55. The summed E-state index contributed by atoms with van der Waals surface area (Å²) in [7, 11) is 0. The molecule has 0 aliphatic carbocycles. The van der Waals surface area contributed by atoms with Crippen LogP contribution in [0.4, 0.5) is 0 Å². The maximum Gasteiger partial charge on any atom is 0.311 e. The van der Waals surface area contributed by atoms with Gasteiger partial charge in [0.15, 0.2) is 0 Å². The molecule has 4 rings (SSSR count). The molecule has 24 heavy (non-hydrogen) atoms. The van der Waals surface area contributed by atoms with Crippen LogP contribution in [0, 0.1) is 5.41 Å². The highest BCUT2D eigenvalue weighted by Crippen LogP contribution is 2.52. The molecule has 3 heterocycles. The molecule has 2 bridgehead atoms. The number of carboxylic acids is 1. The Hall–Kier alpha value is -2.43. The molecule has 5 nitrogen and oxygen atoms in total. The standard InChI is InChI=1S/C19H20N2O3/c1-2-19(18(23)24)11-14-6-8-16(19)21(14)17(22)13-5-7-15-12(10-13)4-3-9-20-15/h3-5,7,9-10,14,16H,2,6,8,11H2,1H3,(H,23,24)/t14-,16+,19+/m0/s1. The minimum Gasteiger partial charge on any atom is -0.481 e. The Kier molecular flexibility index (Phi) is 3.34. The van der Waals surface area contributed by atoms with Crippen LogP contribution in [-0.4, -0.2) is 39.0 Å². The third kappa shape index (κ3) is 1.97. The number of carbonyl (C=O) groups excluding carboxylic acids is 1. The number of amides is 1. The summed E-state index contributed by atoms with van der Waals surface area (Å²) in [6, 6.07) is 9.14. The van der Waals surface area contributed by atoms with E-state index in [4.69, 9.17) is 0 Å². The zero-order chi connectivity index (χ0) is 16.9. The topological polar surface area (TPSA) is 70.5 Å².